The number of nitrogens with two attached hydrogens (primary N) is 1. The molecule has 0 radical (unpaired) electrons. The van der Waals surface area contributed by atoms with Crippen LogP contribution in [0.25, 0.3) is 0 Å². The molecule has 3 N–H and O–H groups in total. The van der Waals surface area contributed by atoms with Gasteiger partial charge in [-0.2, -0.15) is 15.0 Å². The van der Waals surface area contributed by atoms with Gasteiger partial charge in [-0.25, -0.2) is 9.97 Å². The van der Waals surface area contributed by atoms with Crippen molar-refractivity contribution in [3.63, 3.8) is 0 Å². The van der Waals surface area contributed by atoms with Crippen molar-refractivity contribution in [2.75, 3.05) is 42.1 Å². The topological polar surface area (TPSA) is 122 Å². The van der Waals surface area contributed by atoms with Crippen LogP contribution in [0.5, 0.6) is 0 Å². The van der Waals surface area contributed by atoms with Crippen molar-refractivity contribution >= 4 is 17.8 Å². The zero-order valence-corrected chi connectivity index (χ0v) is 14.8. The van der Waals surface area contributed by atoms with Crippen LogP contribution in [-0.4, -0.2) is 56.0 Å². The lowest BCUT2D eigenvalue weighted by Crippen LogP contribution is -2.46. The Morgan fingerprint density at radius 2 is 1.85 bits per heavy atom. The summed E-state index contributed by atoms with van der Waals surface area (Å²) < 4.78 is 5.30. The summed E-state index contributed by atoms with van der Waals surface area (Å²) in [4.78, 5) is 25.9. The van der Waals surface area contributed by atoms with Crippen molar-refractivity contribution in [1.29, 1.82) is 0 Å². The summed E-state index contributed by atoms with van der Waals surface area (Å²) in [5.41, 5.74) is 5.84. The Morgan fingerprint density at radius 1 is 1.04 bits per heavy atom. The van der Waals surface area contributed by atoms with Crippen molar-refractivity contribution in [2.24, 2.45) is 0 Å². The highest BCUT2D eigenvalue weighted by atomic mass is 16.3. The number of nitrogen functional groups attached to an aromatic ring is 1. The summed E-state index contributed by atoms with van der Waals surface area (Å²) in [7, 11) is 0. The molecule has 3 aromatic rings. The highest BCUT2D eigenvalue weighted by Gasteiger charge is 2.20. The minimum Gasteiger partial charge on any atom is -0.467 e. The van der Waals surface area contributed by atoms with E-state index in [-0.39, 0.29) is 5.95 Å². The molecule has 140 valence electrons. The third-order valence-electron chi connectivity index (χ3n) is 4.27. The fourth-order valence-corrected chi connectivity index (χ4v) is 2.93. The minimum atomic E-state index is 0.207. The molecule has 0 spiro atoms. The smallest absolute Gasteiger partial charge is 0.228 e. The van der Waals surface area contributed by atoms with Crippen LogP contribution in [0.3, 0.4) is 0 Å². The molecule has 10 nitrogen and oxygen atoms in total. The molecular formula is C17H21N9O. The van der Waals surface area contributed by atoms with Crippen molar-refractivity contribution in [3.05, 3.63) is 48.4 Å². The number of nitrogens with zero attached hydrogens (tertiary/aromatic N) is 7. The van der Waals surface area contributed by atoms with Crippen LogP contribution >= 0.6 is 0 Å². The number of hydrogen-bond donors (Lipinski definition) is 2. The molecule has 1 aliphatic rings. The van der Waals surface area contributed by atoms with E-state index in [1.165, 1.54) is 0 Å². The molecule has 1 saturated heterocycles. The average molecular weight is 367 g/mol. The van der Waals surface area contributed by atoms with Crippen molar-refractivity contribution in [3.8, 4) is 0 Å². The lowest BCUT2D eigenvalue weighted by atomic mass is 10.3. The molecule has 0 aromatic carbocycles. The van der Waals surface area contributed by atoms with Gasteiger partial charge in [0.1, 0.15) is 11.6 Å². The van der Waals surface area contributed by atoms with Crippen molar-refractivity contribution < 1.29 is 4.42 Å². The Bertz CT molecular complexity index is 848. The van der Waals surface area contributed by atoms with Crippen molar-refractivity contribution in [2.45, 2.75) is 13.1 Å². The Morgan fingerprint density at radius 3 is 2.59 bits per heavy atom. The van der Waals surface area contributed by atoms with Gasteiger partial charge in [-0.1, -0.05) is 0 Å². The molecule has 27 heavy (non-hydrogen) atoms. The number of anilines is 3. The van der Waals surface area contributed by atoms with Gasteiger partial charge in [0.25, 0.3) is 0 Å². The van der Waals surface area contributed by atoms with Gasteiger partial charge in [0.2, 0.25) is 17.8 Å². The van der Waals surface area contributed by atoms with Crippen LogP contribution < -0.4 is 16.0 Å². The Labute approximate surface area is 156 Å². The van der Waals surface area contributed by atoms with Gasteiger partial charge >= 0.3 is 0 Å². The Balaban J connectivity index is 1.34. The van der Waals surface area contributed by atoms with E-state index in [1.807, 2.05) is 18.2 Å². The van der Waals surface area contributed by atoms with E-state index < -0.39 is 0 Å². The van der Waals surface area contributed by atoms with Gasteiger partial charge in [-0.3, -0.25) is 4.90 Å². The zero-order valence-electron chi connectivity index (χ0n) is 14.8. The third-order valence-corrected chi connectivity index (χ3v) is 4.27. The van der Waals surface area contributed by atoms with Gasteiger partial charge < -0.3 is 20.4 Å². The summed E-state index contributed by atoms with van der Waals surface area (Å²) in [6, 6.07) is 5.54. The molecule has 3 aromatic heterocycles. The maximum Gasteiger partial charge on any atom is 0.228 e. The molecule has 0 unspecified atom stereocenters. The second kappa shape index (κ2) is 7.96. The standard InChI is InChI=1S/C17H21N9O/c18-15-22-14(23-16(24-15)21-11-13-3-1-10-27-13)12-25-6-8-26(9-7-25)17-19-4-2-5-20-17/h1-5,10H,6-9,11-12H2,(H3,18,21,22,23,24). The molecule has 10 heteroatoms. The fourth-order valence-electron chi connectivity index (χ4n) is 2.93. The first kappa shape index (κ1) is 17.2. The number of aromatic nitrogens is 5. The summed E-state index contributed by atoms with van der Waals surface area (Å²) in [5, 5.41) is 3.11. The van der Waals surface area contributed by atoms with E-state index in [9.17, 15) is 0 Å². The minimum absolute atomic E-state index is 0.207. The molecule has 4 rings (SSSR count). The van der Waals surface area contributed by atoms with Gasteiger partial charge in [0.05, 0.1) is 19.4 Å². The molecule has 0 saturated carbocycles. The van der Waals surface area contributed by atoms with E-state index in [0.717, 1.165) is 37.9 Å². The predicted molar refractivity (Wildman–Crippen MR) is 99.8 cm³/mol. The number of nitrogens with one attached hydrogen (secondary N) is 1. The largest absolute Gasteiger partial charge is 0.467 e. The summed E-state index contributed by atoms with van der Waals surface area (Å²) >= 11 is 0. The lowest BCUT2D eigenvalue weighted by Gasteiger charge is -2.34. The predicted octanol–water partition coefficient (Wildman–Crippen LogP) is 0.771. The quantitative estimate of drug-likeness (QED) is 0.646. The second-order valence-electron chi connectivity index (χ2n) is 6.18. The number of piperazine rings is 1. The van der Waals surface area contributed by atoms with Crippen LogP contribution in [0.1, 0.15) is 11.6 Å². The highest BCUT2D eigenvalue weighted by molar-refractivity contribution is 5.32. The van der Waals surface area contributed by atoms with E-state index in [0.29, 0.717) is 24.9 Å². The molecule has 4 heterocycles. The monoisotopic (exact) mass is 367 g/mol. The van der Waals surface area contributed by atoms with Gasteiger partial charge in [0.15, 0.2) is 0 Å². The average Bonchev–Trinajstić information content (AvgIpc) is 3.21. The highest BCUT2D eigenvalue weighted by Crippen LogP contribution is 2.12. The van der Waals surface area contributed by atoms with Crippen LogP contribution in [0, 0.1) is 0 Å². The molecule has 0 amide bonds. The van der Waals surface area contributed by atoms with E-state index >= 15 is 0 Å². The normalized spacial score (nSPS) is 15.0. The second-order valence-corrected chi connectivity index (χ2v) is 6.18. The van der Waals surface area contributed by atoms with E-state index in [1.54, 1.807) is 18.7 Å². The van der Waals surface area contributed by atoms with Gasteiger partial charge in [-0.05, 0) is 18.2 Å². The molecule has 1 fully saturated rings. The molecular weight excluding hydrogens is 346 g/mol. The first-order valence-corrected chi connectivity index (χ1v) is 8.77. The fraction of sp³-hybridized carbons (Fsp3) is 0.353. The van der Waals surface area contributed by atoms with Gasteiger partial charge in [-0.15, -0.1) is 0 Å². The maximum atomic E-state index is 5.84. The first-order chi connectivity index (χ1) is 13.3. The summed E-state index contributed by atoms with van der Waals surface area (Å²) in [6.45, 7) is 4.57. The van der Waals surface area contributed by atoms with Crippen molar-refractivity contribution in [1.82, 2.24) is 29.8 Å². The number of hydrogen-bond acceptors (Lipinski definition) is 10. The molecule has 0 aliphatic carbocycles. The summed E-state index contributed by atoms with van der Waals surface area (Å²) in [6.07, 6.45) is 5.16. The van der Waals surface area contributed by atoms with Crippen LogP contribution in [0.4, 0.5) is 17.8 Å². The summed E-state index contributed by atoms with van der Waals surface area (Å²) in [5.74, 6) is 2.87. The van der Waals surface area contributed by atoms with Crippen LogP contribution in [0.2, 0.25) is 0 Å². The molecule has 1 aliphatic heterocycles. The SMILES string of the molecule is Nc1nc(CN2CCN(c3ncccn3)CC2)nc(NCc2ccco2)n1. The van der Waals surface area contributed by atoms with E-state index in [2.05, 4.69) is 40.0 Å². The molecule has 0 atom stereocenters. The number of furan rings is 1. The van der Waals surface area contributed by atoms with E-state index in [4.69, 9.17) is 10.2 Å². The van der Waals surface area contributed by atoms with Crippen LogP contribution in [0.15, 0.2) is 41.3 Å². The van der Waals surface area contributed by atoms with Crippen LogP contribution in [-0.2, 0) is 13.1 Å². The maximum absolute atomic E-state index is 5.84. The first-order valence-electron chi connectivity index (χ1n) is 8.77. The Kier molecular flexibility index (Phi) is 5.06. The molecule has 0 bridgehead atoms. The third kappa shape index (κ3) is 4.47. The lowest BCUT2D eigenvalue weighted by molar-refractivity contribution is 0.243. The Hall–Kier alpha value is -3.27. The number of rotatable bonds is 6. The zero-order chi connectivity index (χ0) is 18.5. The van der Waals surface area contributed by atoms with Gasteiger partial charge in [0, 0.05) is 38.6 Å².